The molecule has 11 fully saturated rings. The van der Waals surface area contributed by atoms with Crippen molar-refractivity contribution < 1.29 is 144 Å². The van der Waals surface area contributed by atoms with Gasteiger partial charge in [-0.1, -0.05) is 27.7 Å². The predicted molar refractivity (Wildman–Crippen MR) is 282 cm³/mol. The van der Waals surface area contributed by atoms with Crippen molar-refractivity contribution in [1.82, 2.24) is 0 Å². The monoisotopic (exact) mass is 1240 g/mol. The minimum atomic E-state index is -2.19. The lowest BCUT2D eigenvalue weighted by atomic mass is 9.44. The van der Waals surface area contributed by atoms with Crippen LogP contribution >= 0.6 is 0 Å². The summed E-state index contributed by atoms with van der Waals surface area (Å²) in [4.78, 5) is 0. The Bertz CT molecular complexity index is 2230. The van der Waals surface area contributed by atoms with Gasteiger partial charge in [0.1, 0.15) is 122 Å². The van der Waals surface area contributed by atoms with Crippen molar-refractivity contribution in [1.29, 1.82) is 0 Å². The number of rotatable bonds is 15. The second-order valence-corrected chi connectivity index (χ2v) is 27.3. The van der Waals surface area contributed by atoms with Crippen LogP contribution in [0.4, 0.5) is 0 Å². The summed E-state index contributed by atoms with van der Waals surface area (Å²) in [5, 5.41) is 186. The van der Waals surface area contributed by atoms with Gasteiger partial charge in [-0.3, -0.25) is 0 Å². The first-order chi connectivity index (χ1) is 40.9. The van der Waals surface area contributed by atoms with E-state index in [2.05, 4.69) is 27.7 Å². The Hall–Kier alpha value is -1.16. The van der Waals surface area contributed by atoms with Crippen molar-refractivity contribution in [2.24, 2.45) is 52.3 Å². The Balaban J connectivity index is 0.767. The molecule has 4 saturated carbocycles. The minimum absolute atomic E-state index is 0.0992. The molecular weight excluding hydrogens is 1150 g/mol. The van der Waals surface area contributed by atoms with Gasteiger partial charge in [-0.25, -0.2) is 0 Å². The van der Waals surface area contributed by atoms with Crippen molar-refractivity contribution in [3.05, 3.63) is 0 Å². The molecule has 0 aromatic heterocycles. The number of aliphatic hydroxyl groups excluding tert-OH is 17. The lowest BCUT2D eigenvalue weighted by molar-refractivity contribution is -0.409. The molecule has 38 atom stereocenters. The number of hydrogen-bond acceptors (Lipinski definition) is 29. The van der Waals surface area contributed by atoms with Gasteiger partial charge in [-0.05, 0) is 97.7 Å². The summed E-state index contributed by atoms with van der Waals surface area (Å²) in [6.45, 7) is 5.35. The number of ether oxygens (including phenoxy) is 12. The third-order valence-electron chi connectivity index (χ3n) is 22.5. The molecule has 5 unspecified atom stereocenters. The smallest absolute Gasteiger partial charge is 0.187 e. The first-order valence-corrected chi connectivity index (χ1v) is 30.9. The molecule has 0 aromatic rings. The fourth-order valence-corrected chi connectivity index (χ4v) is 17.7. The van der Waals surface area contributed by atoms with Crippen LogP contribution in [0.2, 0.25) is 0 Å². The van der Waals surface area contributed by atoms with E-state index in [1.807, 2.05) is 0 Å². The molecule has 496 valence electrons. The third-order valence-corrected chi connectivity index (χ3v) is 22.5. The van der Waals surface area contributed by atoms with E-state index < -0.39 is 205 Å². The van der Waals surface area contributed by atoms with Gasteiger partial charge in [0.25, 0.3) is 0 Å². The fourth-order valence-electron chi connectivity index (χ4n) is 17.7. The Morgan fingerprint density at radius 1 is 0.430 bits per heavy atom. The molecule has 7 heterocycles. The quantitative estimate of drug-likeness (QED) is 0.0679. The zero-order chi connectivity index (χ0) is 61.8. The largest absolute Gasteiger partial charge is 0.394 e. The van der Waals surface area contributed by atoms with Gasteiger partial charge in [-0.15, -0.1) is 0 Å². The fraction of sp³-hybridized carbons (Fsp3) is 1.00. The van der Waals surface area contributed by atoms with E-state index in [4.69, 9.17) is 56.8 Å². The van der Waals surface area contributed by atoms with Crippen molar-refractivity contribution in [2.45, 2.75) is 263 Å². The molecule has 0 amide bonds. The van der Waals surface area contributed by atoms with Crippen molar-refractivity contribution >= 4 is 0 Å². The van der Waals surface area contributed by atoms with Crippen LogP contribution in [0.5, 0.6) is 0 Å². The van der Waals surface area contributed by atoms with Gasteiger partial charge in [0.2, 0.25) is 0 Å². The molecule has 7 saturated heterocycles. The second-order valence-electron chi connectivity index (χ2n) is 27.3. The van der Waals surface area contributed by atoms with Crippen molar-refractivity contribution in [2.75, 3.05) is 39.6 Å². The average Bonchev–Trinajstić information content (AvgIpc) is 1.49. The molecule has 4 aliphatic carbocycles. The van der Waals surface area contributed by atoms with Crippen LogP contribution in [-0.2, 0) is 56.8 Å². The molecule has 29 heteroatoms. The predicted octanol–water partition coefficient (Wildman–Crippen LogP) is -6.11. The molecule has 11 rings (SSSR count). The molecule has 0 bridgehead atoms. The SMILES string of the molecule is C[C@@H]1CC[C@@]2(OC1)OC1CC3C4CC[C@H]5C[C@@H](O[C@@H]6O[C@H](CO)[C@@H](O)[C@H](O[C@@H]7O[C@H](CO)[C@H](O[C@@H]8O[C@H](CO)[C@@H](O)[C@H](O[C@@H]9O[C@H](CO)[C@@H](O)[C@H](O)[C@H]9O)[C@H]8O[C@@H]8O[C@H](CO)[C@@H](O)[C@H](O)[C@H]8O)[C@H](O)[C@H]7O)[C@H]6O)[C@H](O)C[C@]5(C)C4CC[C@]3(C)C1[C@@H]2C. The van der Waals surface area contributed by atoms with Crippen LogP contribution in [0.1, 0.15) is 85.5 Å². The van der Waals surface area contributed by atoms with Gasteiger partial charge in [-0.2, -0.15) is 0 Å². The summed E-state index contributed by atoms with van der Waals surface area (Å²) in [7, 11) is 0. The second kappa shape index (κ2) is 26.0. The molecule has 0 radical (unpaired) electrons. The highest BCUT2D eigenvalue weighted by Gasteiger charge is 2.70. The lowest BCUT2D eigenvalue weighted by Crippen LogP contribution is -2.69. The van der Waals surface area contributed by atoms with Gasteiger partial charge in [0.05, 0.1) is 58.0 Å². The van der Waals surface area contributed by atoms with Crippen molar-refractivity contribution in [3.63, 3.8) is 0 Å². The van der Waals surface area contributed by atoms with Gasteiger partial charge in [0, 0.05) is 12.3 Å². The van der Waals surface area contributed by atoms with Crippen LogP contribution in [0.15, 0.2) is 0 Å². The molecule has 86 heavy (non-hydrogen) atoms. The molecule has 29 nitrogen and oxygen atoms in total. The van der Waals surface area contributed by atoms with Crippen molar-refractivity contribution in [3.8, 4) is 0 Å². The van der Waals surface area contributed by atoms with Crippen LogP contribution < -0.4 is 0 Å². The molecule has 7 aliphatic heterocycles. The normalized spacial score (nSPS) is 57.5. The van der Waals surface area contributed by atoms with Gasteiger partial charge in [0.15, 0.2) is 37.2 Å². The first kappa shape index (κ1) is 66.3. The summed E-state index contributed by atoms with van der Waals surface area (Å²) >= 11 is 0. The third kappa shape index (κ3) is 11.5. The standard InChI is InChI=1S/C57H94O29/c1-20-7-10-57(75-19-20)21(2)34-28(86-57)12-25-23-6-5-22-11-27(26(63)13-56(22,4)24(23)8-9-55(25,34)3)76-53-45(74)47(37(66)31(16-60)79-53)83-52-44(73)41(70)46(33(18-62)81-52)82-54-49(85-51-43(72)40(69)36(65)30(15-59)78-51)48(38(67)32(17-61)80-54)84-50-42(71)39(68)35(64)29(14-58)77-50/h20-54,58-74H,5-19H2,1-4H3/t20-,21+,22+,23?,24?,25?,26-,27-,28?,29-,30-,31-,32-,33-,34?,35-,36-,37-,38-,39+,40+,41-,42-,43-,44-,45-,46+,47+,48+,49-,50+,51+,52+,53-,54+,55+,56+,57-/m1/s1. The zero-order valence-electron chi connectivity index (χ0n) is 48.8. The maximum Gasteiger partial charge on any atom is 0.187 e. The molecule has 17 N–H and O–H groups in total. The summed E-state index contributed by atoms with van der Waals surface area (Å²) in [5.74, 6) is 2.09. The maximum absolute atomic E-state index is 12.1. The van der Waals surface area contributed by atoms with E-state index in [-0.39, 0.29) is 28.8 Å². The molecule has 0 aromatic carbocycles. The van der Waals surface area contributed by atoms with E-state index in [0.29, 0.717) is 49.0 Å². The highest BCUT2D eigenvalue weighted by atomic mass is 16.8. The van der Waals surface area contributed by atoms with E-state index in [0.717, 1.165) is 44.9 Å². The number of aliphatic hydroxyl groups is 17. The number of hydrogen-bond donors (Lipinski definition) is 17. The average molecular weight is 1240 g/mol. The van der Waals surface area contributed by atoms with Gasteiger partial charge >= 0.3 is 0 Å². The lowest BCUT2D eigenvalue weighted by Gasteiger charge is -2.62. The van der Waals surface area contributed by atoms with E-state index in [1.165, 1.54) is 0 Å². The molecule has 11 aliphatic rings. The highest BCUT2D eigenvalue weighted by Crippen LogP contribution is 2.71. The van der Waals surface area contributed by atoms with Gasteiger partial charge < -0.3 is 144 Å². The Morgan fingerprint density at radius 2 is 0.930 bits per heavy atom. The van der Waals surface area contributed by atoms with E-state index in [1.54, 1.807) is 0 Å². The minimum Gasteiger partial charge on any atom is -0.394 e. The maximum atomic E-state index is 12.1. The highest BCUT2D eigenvalue weighted by molar-refractivity contribution is 5.16. The Morgan fingerprint density at radius 3 is 1.50 bits per heavy atom. The number of fused-ring (bicyclic) bond motifs is 7. The van der Waals surface area contributed by atoms with E-state index >= 15 is 0 Å². The molecular formula is C57H94O29. The summed E-state index contributed by atoms with van der Waals surface area (Å²) in [5.41, 5.74) is -0.131. The van der Waals surface area contributed by atoms with Crippen LogP contribution in [0.25, 0.3) is 0 Å². The zero-order valence-corrected chi connectivity index (χ0v) is 48.8. The topological polar surface area (TPSA) is 455 Å². The Labute approximate surface area is 497 Å². The first-order valence-electron chi connectivity index (χ1n) is 30.9. The summed E-state index contributed by atoms with van der Waals surface area (Å²) in [6, 6.07) is 0. The summed E-state index contributed by atoms with van der Waals surface area (Å²) < 4.78 is 72.9. The molecule has 1 spiro atoms. The summed E-state index contributed by atoms with van der Waals surface area (Å²) in [6.07, 6.45) is -41.7. The van der Waals surface area contributed by atoms with Crippen LogP contribution in [-0.4, -0.2) is 304 Å². The van der Waals surface area contributed by atoms with Crippen LogP contribution in [0.3, 0.4) is 0 Å². The van der Waals surface area contributed by atoms with Crippen LogP contribution in [0, 0.1) is 52.3 Å². The van der Waals surface area contributed by atoms with E-state index in [9.17, 15) is 86.8 Å². The Kier molecular flexibility index (Phi) is 20.0.